The van der Waals surface area contributed by atoms with Gasteiger partial charge in [-0.15, -0.1) is 0 Å². The Morgan fingerprint density at radius 1 is 0.591 bits per heavy atom. The summed E-state index contributed by atoms with van der Waals surface area (Å²) in [4.78, 5) is 36.6. The Morgan fingerprint density at radius 2 is 1.00 bits per heavy atom. The summed E-state index contributed by atoms with van der Waals surface area (Å²) in [5.74, 6) is -1.46. The van der Waals surface area contributed by atoms with E-state index in [2.05, 4.69) is 13.8 Å². The van der Waals surface area contributed by atoms with Crippen LogP contribution in [0.1, 0.15) is 162 Å². The maximum Gasteiger partial charge on any atom is 0.362 e. The average molecular weight is 629 g/mol. The molecule has 0 fully saturated rings. The van der Waals surface area contributed by atoms with Gasteiger partial charge in [-0.3, -0.25) is 9.59 Å². The molecule has 0 amide bonds. The van der Waals surface area contributed by atoms with E-state index in [9.17, 15) is 19.5 Å². The average Bonchev–Trinajstić information content (AvgIpc) is 2.96. The highest BCUT2D eigenvalue weighted by Gasteiger charge is 2.31. The summed E-state index contributed by atoms with van der Waals surface area (Å²) in [5.41, 5.74) is 0. The molecule has 0 heterocycles. The molecule has 1 N–H and O–H groups in total. The summed E-state index contributed by atoms with van der Waals surface area (Å²) in [6.07, 6.45) is 24.3. The van der Waals surface area contributed by atoms with Gasteiger partial charge in [-0.05, 0) is 12.8 Å². The zero-order valence-electron chi connectivity index (χ0n) is 29.4. The number of esters is 2. The molecule has 0 aliphatic carbocycles. The van der Waals surface area contributed by atoms with E-state index in [1.54, 1.807) is 0 Å². The molecule has 0 aliphatic rings. The van der Waals surface area contributed by atoms with Gasteiger partial charge in [-0.2, -0.15) is 0 Å². The van der Waals surface area contributed by atoms with Crippen LogP contribution in [0.15, 0.2) is 0 Å². The third-order valence-electron chi connectivity index (χ3n) is 8.26. The van der Waals surface area contributed by atoms with Gasteiger partial charge in [0.1, 0.15) is 6.61 Å². The molecule has 8 heteroatoms. The minimum absolute atomic E-state index is 0.0437. The SMILES string of the molecule is CCCCCCCCCCCCCC(=O)OC(COCCC(C(=O)O)[N+](C)(C)C)COC(=O)CCCCCCCCCCC. The smallest absolute Gasteiger partial charge is 0.362 e. The van der Waals surface area contributed by atoms with Gasteiger partial charge in [0.05, 0.1) is 34.4 Å². The molecule has 0 aliphatic heterocycles. The molecular weight excluding hydrogens is 558 g/mol. The Labute approximate surface area is 270 Å². The van der Waals surface area contributed by atoms with E-state index in [0.29, 0.717) is 19.3 Å². The summed E-state index contributed by atoms with van der Waals surface area (Å²) in [5, 5.41) is 9.55. The fourth-order valence-corrected chi connectivity index (χ4v) is 5.38. The van der Waals surface area contributed by atoms with Crippen molar-refractivity contribution in [2.24, 2.45) is 0 Å². The van der Waals surface area contributed by atoms with Crippen molar-refractivity contribution in [1.29, 1.82) is 0 Å². The largest absolute Gasteiger partial charge is 0.477 e. The molecule has 0 saturated carbocycles. The number of ether oxygens (including phenoxy) is 3. The van der Waals surface area contributed by atoms with Crippen molar-refractivity contribution >= 4 is 17.9 Å². The van der Waals surface area contributed by atoms with E-state index in [4.69, 9.17) is 14.2 Å². The zero-order valence-corrected chi connectivity index (χ0v) is 29.4. The van der Waals surface area contributed by atoms with Crippen LogP contribution in [0, 0.1) is 0 Å². The van der Waals surface area contributed by atoms with E-state index < -0.39 is 18.1 Å². The zero-order chi connectivity index (χ0) is 32.9. The second-order valence-electron chi connectivity index (χ2n) is 13.5. The highest BCUT2D eigenvalue weighted by molar-refractivity contribution is 5.72. The first-order valence-electron chi connectivity index (χ1n) is 18.1. The maximum absolute atomic E-state index is 12.6. The van der Waals surface area contributed by atoms with Crippen molar-refractivity contribution in [3.05, 3.63) is 0 Å². The third-order valence-corrected chi connectivity index (χ3v) is 8.26. The number of quaternary nitrogens is 1. The Balaban J connectivity index is 4.44. The number of carboxylic acid groups (broad SMARTS) is 1. The maximum atomic E-state index is 12.6. The van der Waals surface area contributed by atoms with Crippen LogP contribution in [-0.4, -0.2) is 80.6 Å². The molecule has 260 valence electrons. The molecule has 0 bridgehead atoms. The van der Waals surface area contributed by atoms with Crippen molar-refractivity contribution in [3.8, 4) is 0 Å². The molecule has 0 aromatic rings. The molecule has 0 aromatic carbocycles. The fourth-order valence-electron chi connectivity index (χ4n) is 5.38. The number of carbonyl (C=O) groups is 3. The van der Waals surface area contributed by atoms with Crippen LogP contribution in [0.4, 0.5) is 0 Å². The summed E-state index contributed by atoms with van der Waals surface area (Å²) in [7, 11) is 5.52. The van der Waals surface area contributed by atoms with Crippen molar-refractivity contribution < 1.29 is 38.2 Å². The van der Waals surface area contributed by atoms with E-state index in [0.717, 1.165) is 38.5 Å². The number of likely N-dealkylation sites (N-methyl/N-ethyl adjacent to an activating group) is 1. The molecule has 0 rings (SSSR count). The van der Waals surface area contributed by atoms with Gasteiger partial charge in [0.15, 0.2) is 12.1 Å². The monoisotopic (exact) mass is 629 g/mol. The van der Waals surface area contributed by atoms with Gasteiger partial charge in [0.25, 0.3) is 0 Å². The van der Waals surface area contributed by atoms with Crippen molar-refractivity contribution in [2.45, 2.75) is 174 Å². The number of rotatable bonds is 32. The lowest BCUT2D eigenvalue weighted by Gasteiger charge is -2.31. The van der Waals surface area contributed by atoms with Crippen molar-refractivity contribution in [1.82, 2.24) is 0 Å². The minimum Gasteiger partial charge on any atom is -0.477 e. The van der Waals surface area contributed by atoms with Gasteiger partial charge in [-0.25, -0.2) is 4.79 Å². The summed E-state index contributed by atoms with van der Waals surface area (Å²) >= 11 is 0. The van der Waals surface area contributed by atoms with E-state index in [1.807, 2.05) is 21.1 Å². The highest BCUT2D eigenvalue weighted by atomic mass is 16.6. The van der Waals surface area contributed by atoms with Crippen LogP contribution in [-0.2, 0) is 28.6 Å². The summed E-state index contributed by atoms with van der Waals surface area (Å²) in [6.45, 7) is 4.70. The molecule has 0 spiro atoms. The van der Waals surface area contributed by atoms with Crippen LogP contribution in [0.25, 0.3) is 0 Å². The molecule has 2 atom stereocenters. The normalized spacial score (nSPS) is 13.0. The van der Waals surface area contributed by atoms with Gasteiger partial charge in [0.2, 0.25) is 0 Å². The van der Waals surface area contributed by atoms with E-state index in [-0.39, 0.29) is 36.2 Å². The Morgan fingerprint density at radius 3 is 1.41 bits per heavy atom. The Bertz CT molecular complexity index is 707. The van der Waals surface area contributed by atoms with Crippen LogP contribution >= 0.6 is 0 Å². The second kappa shape index (κ2) is 28.8. The number of hydrogen-bond donors (Lipinski definition) is 1. The van der Waals surface area contributed by atoms with Crippen molar-refractivity contribution in [2.75, 3.05) is 41.0 Å². The van der Waals surface area contributed by atoms with Gasteiger partial charge >= 0.3 is 17.9 Å². The quantitative estimate of drug-likeness (QED) is 0.0452. The summed E-state index contributed by atoms with van der Waals surface area (Å²) < 4.78 is 17.1. The lowest BCUT2D eigenvalue weighted by molar-refractivity contribution is -0.887. The highest BCUT2D eigenvalue weighted by Crippen LogP contribution is 2.14. The first kappa shape index (κ1) is 42.3. The topological polar surface area (TPSA) is 99.1 Å². The lowest BCUT2D eigenvalue weighted by atomic mass is 10.1. The van der Waals surface area contributed by atoms with Crippen molar-refractivity contribution in [3.63, 3.8) is 0 Å². The predicted molar refractivity (Wildman–Crippen MR) is 179 cm³/mol. The van der Waals surface area contributed by atoms with E-state index >= 15 is 0 Å². The van der Waals surface area contributed by atoms with Gasteiger partial charge in [0, 0.05) is 19.3 Å². The molecule has 2 unspecified atom stereocenters. The third kappa shape index (κ3) is 26.7. The first-order chi connectivity index (χ1) is 21.1. The molecule has 8 nitrogen and oxygen atoms in total. The van der Waals surface area contributed by atoms with Crippen LogP contribution in [0.2, 0.25) is 0 Å². The van der Waals surface area contributed by atoms with Crippen LogP contribution < -0.4 is 0 Å². The second-order valence-corrected chi connectivity index (χ2v) is 13.5. The van der Waals surface area contributed by atoms with Gasteiger partial charge in [-0.1, -0.05) is 129 Å². The number of aliphatic carboxylic acids is 1. The molecule has 44 heavy (non-hydrogen) atoms. The molecular formula is C36H70NO7+. The number of nitrogens with zero attached hydrogens (tertiary/aromatic N) is 1. The number of unbranched alkanes of at least 4 members (excludes halogenated alkanes) is 18. The lowest BCUT2D eigenvalue weighted by Crippen LogP contribution is -2.50. The molecule has 0 saturated heterocycles. The van der Waals surface area contributed by atoms with E-state index in [1.165, 1.54) is 89.9 Å². The predicted octanol–water partition coefficient (Wildman–Crippen LogP) is 8.63. The fraction of sp³-hybridized carbons (Fsp3) is 0.917. The summed E-state index contributed by atoms with van der Waals surface area (Å²) in [6, 6.07) is -0.605. The first-order valence-corrected chi connectivity index (χ1v) is 18.1. The van der Waals surface area contributed by atoms with Crippen LogP contribution in [0.5, 0.6) is 0 Å². The Kier molecular flexibility index (Phi) is 27.7. The molecule has 0 radical (unpaired) electrons. The number of carbonyl (C=O) groups excluding carboxylic acids is 2. The number of hydrogen-bond acceptors (Lipinski definition) is 6. The number of carboxylic acids is 1. The van der Waals surface area contributed by atoms with Gasteiger partial charge < -0.3 is 23.8 Å². The Hall–Kier alpha value is -1.67. The minimum atomic E-state index is -0.874. The standard InChI is InChI=1S/C36H69NO7/c1-6-8-10-12-14-16-17-19-21-23-25-27-35(39)44-32(30-42-29-28-33(36(40)41)37(3,4)5)31-43-34(38)26-24-22-20-18-15-13-11-9-7-2/h32-33H,6-31H2,1-5H3/p+1. The van der Waals surface area contributed by atoms with Crippen LogP contribution in [0.3, 0.4) is 0 Å². The molecule has 0 aromatic heterocycles.